The Bertz CT molecular complexity index is 314. The Labute approximate surface area is 101 Å². The number of Topliss-reactive ketones (excluding diaryl/α,β-unsaturated/α-hetero) is 1. The maximum atomic E-state index is 11.5. The molecule has 2 unspecified atom stereocenters. The van der Waals surface area contributed by atoms with Gasteiger partial charge in [0, 0.05) is 12.3 Å². The first-order valence-corrected chi connectivity index (χ1v) is 6.02. The molecule has 1 saturated heterocycles. The van der Waals surface area contributed by atoms with Gasteiger partial charge in [-0.05, 0) is 6.42 Å². The molecule has 1 aliphatic heterocycles. The molecule has 1 N–H and O–H groups in total. The van der Waals surface area contributed by atoms with Crippen LogP contribution in [0.25, 0.3) is 0 Å². The predicted molar refractivity (Wildman–Crippen MR) is 61.2 cm³/mol. The van der Waals surface area contributed by atoms with Crippen molar-refractivity contribution in [3.63, 3.8) is 0 Å². The van der Waals surface area contributed by atoms with E-state index in [4.69, 9.17) is 4.74 Å². The fraction of sp³-hybridized carbons (Fsp3) is 0.750. The molecule has 0 aromatic heterocycles. The lowest BCUT2D eigenvalue weighted by Crippen LogP contribution is -2.42. The van der Waals surface area contributed by atoms with Crippen molar-refractivity contribution in [1.82, 2.24) is 5.32 Å². The number of ether oxygens (including phenoxy) is 1. The molecule has 0 aliphatic carbocycles. The molecule has 5 heteroatoms. The highest BCUT2D eigenvalue weighted by molar-refractivity contribution is 5.99. The lowest BCUT2D eigenvalue weighted by molar-refractivity contribution is -0.142. The van der Waals surface area contributed by atoms with E-state index in [1.54, 1.807) is 0 Å². The number of carbonyl (C=O) groups is 3. The van der Waals surface area contributed by atoms with Crippen LogP contribution in [-0.2, 0) is 19.1 Å². The average Bonchev–Trinajstić information content (AvgIpc) is 2.58. The molecule has 0 aromatic carbocycles. The molecule has 0 radical (unpaired) electrons. The largest absolute Gasteiger partial charge is 0.464 e. The standard InChI is InChI=1S/C12H19NO4/c1-3-4-5-9(14)6-10(15)13-11-8(2)7-17-12(11)16/h8,11H,3-7H2,1-2H3,(H,13,15). The number of amides is 1. The zero-order chi connectivity index (χ0) is 12.8. The van der Waals surface area contributed by atoms with E-state index in [0.29, 0.717) is 13.0 Å². The monoisotopic (exact) mass is 241 g/mol. The van der Waals surface area contributed by atoms with Crippen LogP contribution in [0.4, 0.5) is 0 Å². The summed E-state index contributed by atoms with van der Waals surface area (Å²) in [5.74, 6) is -0.908. The number of esters is 1. The molecule has 1 fully saturated rings. The molecule has 0 aromatic rings. The van der Waals surface area contributed by atoms with Crippen molar-refractivity contribution >= 4 is 17.7 Å². The molecule has 17 heavy (non-hydrogen) atoms. The van der Waals surface area contributed by atoms with E-state index in [1.807, 2.05) is 13.8 Å². The summed E-state index contributed by atoms with van der Waals surface area (Å²) in [4.78, 5) is 34.2. The van der Waals surface area contributed by atoms with Gasteiger partial charge in [-0.3, -0.25) is 9.59 Å². The molecular weight excluding hydrogens is 222 g/mol. The molecule has 0 spiro atoms. The lowest BCUT2D eigenvalue weighted by Gasteiger charge is -2.12. The van der Waals surface area contributed by atoms with Crippen LogP contribution in [0, 0.1) is 5.92 Å². The first-order chi connectivity index (χ1) is 8.04. The number of hydrogen-bond acceptors (Lipinski definition) is 4. The minimum Gasteiger partial charge on any atom is -0.464 e. The number of nitrogens with one attached hydrogen (secondary N) is 1. The number of rotatable bonds is 6. The molecule has 1 aliphatic rings. The zero-order valence-corrected chi connectivity index (χ0v) is 10.3. The van der Waals surface area contributed by atoms with Crippen molar-refractivity contribution in [3.05, 3.63) is 0 Å². The van der Waals surface area contributed by atoms with E-state index in [1.165, 1.54) is 0 Å². The SMILES string of the molecule is CCCCC(=O)CC(=O)NC1C(=O)OCC1C. The fourth-order valence-electron chi connectivity index (χ4n) is 1.70. The van der Waals surface area contributed by atoms with Gasteiger partial charge in [0.25, 0.3) is 0 Å². The van der Waals surface area contributed by atoms with Gasteiger partial charge >= 0.3 is 5.97 Å². The Morgan fingerprint density at radius 2 is 2.18 bits per heavy atom. The average molecular weight is 241 g/mol. The van der Waals surface area contributed by atoms with E-state index in [0.717, 1.165) is 12.8 Å². The quantitative estimate of drug-likeness (QED) is 0.552. The Kier molecular flexibility index (Phi) is 5.12. The summed E-state index contributed by atoms with van der Waals surface area (Å²) in [5, 5.41) is 2.55. The molecular formula is C12H19NO4. The van der Waals surface area contributed by atoms with E-state index < -0.39 is 12.0 Å². The zero-order valence-electron chi connectivity index (χ0n) is 10.3. The van der Waals surface area contributed by atoms with Crippen LogP contribution >= 0.6 is 0 Å². The second-order valence-corrected chi connectivity index (χ2v) is 4.47. The number of ketones is 1. The van der Waals surface area contributed by atoms with Crippen LogP contribution in [0.15, 0.2) is 0 Å². The third kappa shape index (κ3) is 4.17. The minimum absolute atomic E-state index is 0.0304. The fourth-order valence-corrected chi connectivity index (χ4v) is 1.70. The van der Waals surface area contributed by atoms with E-state index in [-0.39, 0.29) is 24.0 Å². The van der Waals surface area contributed by atoms with Crippen LogP contribution in [-0.4, -0.2) is 30.3 Å². The van der Waals surface area contributed by atoms with E-state index >= 15 is 0 Å². The second kappa shape index (κ2) is 6.37. The van der Waals surface area contributed by atoms with Gasteiger partial charge in [-0.15, -0.1) is 0 Å². The first kappa shape index (κ1) is 13.7. The number of hydrogen-bond donors (Lipinski definition) is 1. The summed E-state index contributed by atoms with van der Waals surface area (Å²) in [6.07, 6.45) is 2.01. The number of unbranched alkanes of at least 4 members (excludes halogenated alkanes) is 1. The van der Waals surface area contributed by atoms with Gasteiger partial charge in [0.05, 0.1) is 13.0 Å². The van der Waals surface area contributed by atoms with E-state index in [9.17, 15) is 14.4 Å². The van der Waals surface area contributed by atoms with E-state index in [2.05, 4.69) is 5.32 Å². The molecule has 0 bridgehead atoms. The number of carbonyl (C=O) groups excluding carboxylic acids is 3. The summed E-state index contributed by atoms with van der Waals surface area (Å²) in [6.45, 7) is 4.14. The Hall–Kier alpha value is -1.39. The van der Waals surface area contributed by atoms with Crippen molar-refractivity contribution in [2.75, 3.05) is 6.61 Å². The van der Waals surface area contributed by atoms with Crippen molar-refractivity contribution in [1.29, 1.82) is 0 Å². The minimum atomic E-state index is -0.596. The smallest absolute Gasteiger partial charge is 0.329 e. The third-order valence-electron chi connectivity index (χ3n) is 2.79. The summed E-state index contributed by atoms with van der Waals surface area (Å²) in [7, 11) is 0. The highest BCUT2D eigenvalue weighted by Crippen LogP contribution is 2.14. The van der Waals surface area contributed by atoms with Gasteiger partial charge in [-0.25, -0.2) is 4.79 Å². The summed E-state index contributed by atoms with van der Waals surface area (Å²) in [5.41, 5.74) is 0. The van der Waals surface area contributed by atoms with Gasteiger partial charge in [-0.1, -0.05) is 20.3 Å². The van der Waals surface area contributed by atoms with Crippen molar-refractivity contribution in [3.8, 4) is 0 Å². The molecule has 2 atom stereocenters. The van der Waals surface area contributed by atoms with Gasteiger partial charge in [0.1, 0.15) is 11.8 Å². The highest BCUT2D eigenvalue weighted by Gasteiger charge is 2.34. The second-order valence-electron chi connectivity index (χ2n) is 4.47. The van der Waals surface area contributed by atoms with Gasteiger partial charge < -0.3 is 10.1 Å². The summed E-state index contributed by atoms with van der Waals surface area (Å²) in [6, 6.07) is -0.596. The Balaban J connectivity index is 2.34. The van der Waals surface area contributed by atoms with Crippen LogP contribution < -0.4 is 5.32 Å². The maximum absolute atomic E-state index is 11.5. The Morgan fingerprint density at radius 1 is 1.47 bits per heavy atom. The van der Waals surface area contributed by atoms with Gasteiger partial charge in [0.15, 0.2) is 0 Å². The summed E-state index contributed by atoms with van der Waals surface area (Å²) >= 11 is 0. The molecule has 96 valence electrons. The molecule has 1 rings (SSSR count). The number of cyclic esters (lactones) is 1. The summed E-state index contributed by atoms with van der Waals surface area (Å²) < 4.78 is 4.81. The molecule has 0 saturated carbocycles. The van der Waals surface area contributed by atoms with Crippen molar-refractivity contribution in [2.24, 2.45) is 5.92 Å². The molecule has 1 amide bonds. The van der Waals surface area contributed by atoms with Crippen LogP contribution in [0.2, 0.25) is 0 Å². The van der Waals surface area contributed by atoms with Crippen LogP contribution in [0.5, 0.6) is 0 Å². The normalized spacial score (nSPS) is 23.3. The topological polar surface area (TPSA) is 72.5 Å². The lowest BCUT2D eigenvalue weighted by atomic mass is 10.1. The highest BCUT2D eigenvalue weighted by atomic mass is 16.5. The third-order valence-corrected chi connectivity index (χ3v) is 2.79. The van der Waals surface area contributed by atoms with Crippen LogP contribution in [0.1, 0.15) is 39.5 Å². The molecule has 1 heterocycles. The van der Waals surface area contributed by atoms with Crippen molar-refractivity contribution in [2.45, 2.75) is 45.6 Å². The van der Waals surface area contributed by atoms with Gasteiger partial charge in [0.2, 0.25) is 5.91 Å². The van der Waals surface area contributed by atoms with Gasteiger partial charge in [-0.2, -0.15) is 0 Å². The first-order valence-electron chi connectivity index (χ1n) is 6.02. The van der Waals surface area contributed by atoms with Crippen molar-refractivity contribution < 1.29 is 19.1 Å². The predicted octanol–water partition coefficient (Wildman–Crippen LogP) is 0.813. The Morgan fingerprint density at radius 3 is 2.71 bits per heavy atom. The van der Waals surface area contributed by atoms with Crippen LogP contribution in [0.3, 0.4) is 0 Å². The maximum Gasteiger partial charge on any atom is 0.329 e. The molecule has 5 nitrogen and oxygen atoms in total.